The number of allylic oxidation sites excluding steroid dienone is 2. The van der Waals surface area contributed by atoms with Crippen molar-refractivity contribution in [1.29, 1.82) is 0 Å². The fraction of sp³-hybridized carbons (Fsp3) is 0.571. The standard InChI is InChI=1S/C56H71NO11/c1-34(58)64-42-17-12-38(30-44(42)66-36(3)60)14-20-49(62)57-33-56-28-26-51(5,6)32-41(56)40-16-19-47-53(9)24-23-48(52(7,8)46(53)22-25-55(47,11)54(40,10)27-29-56)68-50(63)21-15-39-13-18-43(65-35(2)59)45(31-39)67-37(4)61/h12-18,20-21,30-31,41,46-48H,19,22-29,32-33H2,1-11H3,(H,57,62)/b20-14+,21-15+/t41-,46-,47+,48-,53-,54+,55+,56+/m0/s1. The van der Waals surface area contributed by atoms with E-state index in [1.165, 1.54) is 45.9 Å². The maximum atomic E-state index is 13.6. The Kier molecular flexibility index (Phi) is 13.9. The molecule has 7 rings (SSSR count). The van der Waals surface area contributed by atoms with Crippen molar-refractivity contribution in [3.05, 3.63) is 71.3 Å². The van der Waals surface area contributed by atoms with Gasteiger partial charge in [-0.15, -0.1) is 0 Å². The lowest BCUT2D eigenvalue weighted by Crippen LogP contribution is -2.65. The van der Waals surface area contributed by atoms with Gasteiger partial charge in [-0.1, -0.05) is 72.2 Å². The van der Waals surface area contributed by atoms with Gasteiger partial charge in [0.25, 0.3) is 0 Å². The number of ether oxygens (including phenoxy) is 5. The van der Waals surface area contributed by atoms with Crippen LogP contribution in [0.15, 0.2) is 60.2 Å². The maximum Gasteiger partial charge on any atom is 0.331 e. The van der Waals surface area contributed by atoms with Gasteiger partial charge in [0.2, 0.25) is 5.91 Å². The first-order valence-electron chi connectivity index (χ1n) is 24.4. The lowest BCUT2D eigenvalue weighted by molar-refractivity contribution is -0.211. The van der Waals surface area contributed by atoms with Gasteiger partial charge in [0, 0.05) is 51.8 Å². The fourth-order valence-corrected chi connectivity index (χ4v) is 13.9. The van der Waals surface area contributed by atoms with Gasteiger partial charge < -0.3 is 29.0 Å². The molecular weight excluding hydrogens is 863 g/mol. The molecule has 4 fully saturated rings. The van der Waals surface area contributed by atoms with Crippen LogP contribution in [0.25, 0.3) is 12.2 Å². The zero-order chi connectivity index (χ0) is 49.6. The maximum absolute atomic E-state index is 13.6. The lowest BCUT2D eigenvalue weighted by Gasteiger charge is -2.71. The molecule has 1 amide bonds. The van der Waals surface area contributed by atoms with Crippen molar-refractivity contribution >= 4 is 47.9 Å². The summed E-state index contributed by atoms with van der Waals surface area (Å²) >= 11 is 0. The molecule has 12 nitrogen and oxygen atoms in total. The molecule has 8 atom stereocenters. The Morgan fingerprint density at radius 3 is 1.75 bits per heavy atom. The minimum atomic E-state index is -0.560. The highest BCUT2D eigenvalue weighted by atomic mass is 16.6. The average Bonchev–Trinajstić information content (AvgIpc) is 3.23. The van der Waals surface area contributed by atoms with Gasteiger partial charge in [0.05, 0.1) is 0 Å². The van der Waals surface area contributed by atoms with E-state index in [1.54, 1.807) is 48.1 Å². The number of amides is 1. The van der Waals surface area contributed by atoms with Crippen molar-refractivity contribution < 1.29 is 52.5 Å². The summed E-state index contributed by atoms with van der Waals surface area (Å²) in [6.45, 7) is 22.7. The van der Waals surface area contributed by atoms with E-state index in [-0.39, 0.29) is 67.5 Å². The smallest absolute Gasteiger partial charge is 0.331 e. The monoisotopic (exact) mass is 934 g/mol. The molecule has 366 valence electrons. The van der Waals surface area contributed by atoms with Gasteiger partial charge >= 0.3 is 29.8 Å². The molecule has 0 bridgehead atoms. The highest BCUT2D eigenvalue weighted by molar-refractivity contribution is 5.92. The molecule has 5 aliphatic carbocycles. The van der Waals surface area contributed by atoms with E-state index in [1.807, 2.05) is 0 Å². The number of hydrogen-bond donors (Lipinski definition) is 1. The van der Waals surface area contributed by atoms with Crippen molar-refractivity contribution in [2.75, 3.05) is 6.54 Å². The van der Waals surface area contributed by atoms with Crippen molar-refractivity contribution in [2.24, 2.45) is 50.2 Å². The Morgan fingerprint density at radius 2 is 1.18 bits per heavy atom. The van der Waals surface area contributed by atoms with E-state index < -0.39 is 29.8 Å². The zero-order valence-corrected chi connectivity index (χ0v) is 41.9. The molecule has 0 aliphatic heterocycles. The van der Waals surface area contributed by atoms with Gasteiger partial charge in [-0.25, -0.2) is 4.79 Å². The first-order valence-corrected chi connectivity index (χ1v) is 24.4. The molecule has 0 aromatic heterocycles. The fourth-order valence-electron chi connectivity index (χ4n) is 13.9. The highest BCUT2D eigenvalue weighted by Crippen LogP contribution is 2.76. The van der Waals surface area contributed by atoms with E-state index in [4.69, 9.17) is 23.7 Å². The zero-order valence-electron chi connectivity index (χ0n) is 41.9. The molecule has 0 unspecified atom stereocenters. The first kappa shape index (κ1) is 50.4. The normalized spacial score (nSPS) is 31.1. The number of benzene rings is 2. The van der Waals surface area contributed by atoms with Crippen molar-refractivity contribution in [1.82, 2.24) is 5.32 Å². The Hall–Kier alpha value is -5.52. The van der Waals surface area contributed by atoms with Crippen molar-refractivity contribution in [3.8, 4) is 23.0 Å². The second-order valence-corrected chi connectivity index (χ2v) is 22.5. The van der Waals surface area contributed by atoms with E-state index >= 15 is 0 Å². The Labute approximate surface area is 402 Å². The molecular formula is C56H71NO11. The molecule has 0 spiro atoms. The van der Waals surface area contributed by atoms with Crippen LogP contribution in [0.5, 0.6) is 23.0 Å². The highest BCUT2D eigenvalue weighted by Gasteiger charge is 2.68. The van der Waals surface area contributed by atoms with Crippen LogP contribution in [-0.2, 0) is 33.5 Å². The van der Waals surface area contributed by atoms with Gasteiger partial charge in [0.15, 0.2) is 23.0 Å². The predicted molar refractivity (Wildman–Crippen MR) is 258 cm³/mol. The number of hydrogen-bond acceptors (Lipinski definition) is 11. The summed E-state index contributed by atoms with van der Waals surface area (Å²) in [5, 5.41) is 3.32. The molecule has 0 radical (unpaired) electrons. The van der Waals surface area contributed by atoms with Gasteiger partial charge in [-0.3, -0.25) is 24.0 Å². The topological polar surface area (TPSA) is 161 Å². The minimum Gasteiger partial charge on any atom is -0.459 e. The molecule has 2 aromatic carbocycles. The minimum absolute atomic E-state index is 0.00270. The van der Waals surface area contributed by atoms with Crippen LogP contribution >= 0.6 is 0 Å². The number of carbonyl (C=O) groups excluding carboxylic acids is 6. The van der Waals surface area contributed by atoms with Crippen LogP contribution in [0.3, 0.4) is 0 Å². The third-order valence-corrected chi connectivity index (χ3v) is 17.4. The summed E-state index contributed by atoms with van der Waals surface area (Å²) in [4.78, 5) is 73.8. The third-order valence-electron chi connectivity index (χ3n) is 17.4. The van der Waals surface area contributed by atoms with Gasteiger partial charge in [-0.05, 0) is 157 Å². The van der Waals surface area contributed by atoms with E-state index in [0.29, 0.717) is 35.4 Å². The molecule has 0 heterocycles. The number of fused-ring (bicyclic) bond motifs is 7. The van der Waals surface area contributed by atoms with Crippen LogP contribution in [0.1, 0.15) is 151 Å². The van der Waals surface area contributed by atoms with Crippen LogP contribution in [0.4, 0.5) is 0 Å². The lowest BCUT2D eigenvalue weighted by atomic mass is 9.33. The molecule has 68 heavy (non-hydrogen) atoms. The second-order valence-electron chi connectivity index (χ2n) is 22.5. The quantitative estimate of drug-likeness (QED) is 0.0988. The number of rotatable bonds is 11. The molecule has 2 aromatic rings. The summed E-state index contributed by atoms with van der Waals surface area (Å²) in [6, 6.07) is 9.59. The third kappa shape index (κ3) is 9.84. The molecule has 0 saturated heterocycles. The van der Waals surface area contributed by atoms with E-state index in [0.717, 1.165) is 64.2 Å². The number of esters is 5. The van der Waals surface area contributed by atoms with Crippen LogP contribution in [-0.4, -0.2) is 48.4 Å². The van der Waals surface area contributed by atoms with Gasteiger partial charge in [0.1, 0.15) is 6.10 Å². The summed E-state index contributed by atoms with van der Waals surface area (Å²) in [6.07, 6.45) is 18.8. The Bertz CT molecular complexity index is 2460. The molecule has 5 aliphatic rings. The van der Waals surface area contributed by atoms with Gasteiger partial charge in [-0.2, -0.15) is 0 Å². The Balaban J connectivity index is 1.06. The van der Waals surface area contributed by atoms with E-state index in [2.05, 4.69) is 59.9 Å². The first-order chi connectivity index (χ1) is 31.8. The summed E-state index contributed by atoms with van der Waals surface area (Å²) in [7, 11) is 0. The largest absolute Gasteiger partial charge is 0.459 e. The SMILES string of the molecule is CC(=O)Oc1ccc(/C=C/C(=O)NC[C@]23CCC(C)(C)C[C@H]2C2=CC[C@@H]4[C@@]5(C)CC[C@H](OC(=O)/C=C/c6ccc(OC(C)=O)c(OC(C)=O)c6)C(C)(C)[C@@H]5CC[C@@]4(C)[C@]2(C)CC3)cc1OC(C)=O. The van der Waals surface area contributed by atoms with Crippen LogP contribution in [0, 0.1) is 50.2 Å². The molecule has 4 saturated carbocycles. The molecule has 1 N–H and O–H groups in total. The van der Waals surface area contributed by atoms with Crippen LogP contribution in [0.2, 0.25) is 0 Å². The summed E-state index contributed by atoms with van der Waals surface area (Å²) in [5.41, 5.74) is 2.77. The predicted octanol–water partition coefficient (Wildman–Crippen LogP) is 10.9. The van der Waals surface area contributed by atoms with Crippen molar-refractivity contribution in [2.45, 2.75) is 146 Å². The summed E-state index contributed by atoms with van der Waals surface area (Å²) < 4.78 is 27.3. The van der Waals surface area contributed by atoms with Crippen LogP contribution < -0.4 is 24.3 Å². The molecule has 12 heteroatoms. The summed E-state index contributed by atoms with van der Waals surface area (Å²) in [5.74, 6) is -1.21. The van der Waals surface area contributed by atoms with E-state index in [9.17, 15) is 28.8 Å². The number of nitrogens with one attached hydrogen (secondary N) is 1. The van der Waals surface area contributed by atoms with Crippen molar-refractivity contribution in [3.63, 3.8) is 0 Å². The Morgan fingerprint density at radius 1 is 0.632 bits per heavy atom. The average molecular weight is 934 g/mol. The number of carbonyl (C=O) groups is 6. The second kappa shape index (κ2) is 18.8.